The van der Waals surface area contributed by atoms with E-state index in [1.807, 2.05) is 0 Å². The van der Waals surface area contributed by atoms with Crippen molar-refractivity contribution < 1.29 is 13.2 Å². The van der Waals surface area contributed by atoms with E-state index in [0.717, 1.165) is 17.8 Å². The van der Waals surface area contributed by atoms with Gasteiger partial charge in [0.15, 0.2) is 0 Å². The number of H-pyrrole nitrogens is 1. The van der Waals surface area contributed by atoms with E-state index < -0.39 is 11.7 Å². The number of nitrogens with one attached hydrogen (secondary N) is 2. The van der Waals surface area contributed by atoms with Crippen molar-refractivity contribution in [2.24, 2.45) is 0 Å². The molecule has 0 saturated heterocycles. The lowest BCUT2D eigenvalue weighted by molar-refractivity contribution is -0.137. The van der Waals surface area contributed by atoms with E-state index in [2.05, 4.69) is 31.2 Å². The lowest BCUT2D eigenvalue weighted by Crippen LogP contribution is -2.05. The number of benzene rings is 1. The Hall–Kier alpha value is -1.50. The van der Waals surface area contributed by atoms with Crippen LogP contribution in [0.3, 0.4) is 0 Å². The molecule has 0 unspecified atom stereocenters. The van der Waals surface area contributed by atoms with Crippen molar-refractivity contribution in [3.63, 3.8) is 0 Å². The average molecular weight is 320 g/mol. The summed E-state index contributed by atoms with van der Waals surface area (Å²) in [5, 5.41) is 2.78. The number of halogens is 4. The van der Waals surface area contributed by atoms with Gasteiger partial charge in [-0.25, -0.2) is 4.98 Å². The summed E-state index contributed by atoms with van der Waals surface area (Å²) < 4.78 is 38.2. The van der Waals surface area contributed by atoms with Gasteiger partial charge in [-0.1, -0.05) is 15.9 Å². The zero-order valence-electron chi connectivity index (χ0n) is 9.27. The van der Waals surface area contributed by atoms with Crippen LogP contribution in [0.2, 0.25) is 0 Å². The Morgan fingerprint density at radius 1 is 1.28 bits per heavy atom. The number of imidazole rings is 1. The Morgan fingerprint density at radius 2 is 2.00 bits per heavy atom. The maximum Gasteiger partial charge on any atom is 0.416 e. The highest BCUT2D eigenvalue weighted by molar-refractivity contribution is 9.10. The minimum atomic E-state index is -4.38. The van der Waals surface area contributed by atoms with Crippen LogP contribution in [0, 0.1) is 6.92 Å². The maximum atomic E-state index is 12.6. The van der Waals surface area contributed by atoms with Crippen LogP contribution in [0.1, 0.15) is 11.3 Å². The second-order valence-corrected chi connectivity index (χ2v) is 4.68. The summed E-state index contributed by atoms with van der Waals surface area (Å²) in [5.41, 5.74) is 0.414. The Morgan fingerprint density at radius 3 is 2.56 bits per heavy atom. The van der Waals surface area contributed by atoms with Gasteiger partial charge in [0.05, 0.1) is 5.56 Å². The quantitative estimate of drug-likeness (QED) is 0.869. The largest absolute Gasteiger partial charge is 0.416 e. The number of anilines is 2. The third-order valence-corrected chi connectivity index (χ3v) is 2.65. The lowest BCUT2D eigenvalue weighted by Gasteiger charge is -2.10. The molecule has 0 fully saturated rings. The van der Waals surface area contributed by atoms with Crippen molar-refractivity contribution in [3.8, 4) is 0 Å². The summed E-state index contributed by atoms with van der Waals surface area (Å²) in [5.74, 6) is 0.402. The molecule has 3 nitrogen and oxygen atoms in total. The molecule has 2 rings (SSSR count). The molecule has 7 heteroatoms. The Bertz CT molecular complexity index is 563. The third-order valence-electron chi connectivity index (χ3n) is 2.19. The first-order chi connectivity index (χ1) is 8.34. The predicted octanol–water partition coefficient (Wildman–Crippen LogP) is 4.24. The molecule has 0 saturated carbocycles. The van der Waals surface area contributed by atoms with E-state index in [4.69, 9.17) is 0 Å². The molecule has 96 valence electrons. The summed E-state index contributed by atoms with van der Waals surface area (Å²) in [6.07, 6.45) is -2.79. The first-order valence-corrected chi connectivity index (χ1v) is 5.80. The van der Waals surface area contributed by atoms with Crippen LogP contribution in [-0.4, -0.2) is 9.97 Å². The SMILES string of the molecule is Cc1cnc(Nc2cc(Br)cc(C(F)(F)F)c2)[nH]1. The average Bonchev–Trinajstić information content (AvgIpc) is 2.61. The first kappa shape index (κ1) is 12.9. The van der Waals surface area contributed by atoms with Crippen molar-refractivity contribution in [1.82, 2.24) is 9.97 Å². The van der Waals surface area contributed by atoms with E-state index in [9.17, 15) is 13.2 Å². The number of aromatic amines is 1. The molecule has 0 aliphatic rings. The van der Waals surface area contributed by atoms with Gasteiger partial charge in [-0.2, -0.15) is 13.2 Å². The molecule has 18 heavy (non-hydrogen) atoms. The first-order valence-electron chi connectivity index (χ1n) is 5.01. The van der Waals surface area contributed by atoms with Gasteiger partial charge in [-0.3, -0.25) is 0 Å². The summed E-state index contributed by atoms with van der Waals surface area (Å²) in [6, 6.07) is 3.61. The number of hydrogen-bond acceptors (Lipinski definition) is 2. The molecular formula is C11H9BrF3N3. The molecular weight excluding hydrogens is 311 g/mol. The second kappa shape index (κ2) is 4.64. The molecule has 2 aromatic rings. The van der Waals surface area contributed by atoms with Gasteiger partial charge < -0.3 is 10.3 Å². The summed E-state index contributed by atoms with van der Waals surface area (Å²) in [4.78, 5) is 6.85. The van der Waals surface area contributed by atoms with Crippen LogP contribution in [0.15, 0.2) is 28.9 Å². The molecule has 0 aliphatic heterocycles. The van der Waals surface area contributed by atoms with Gasteiger partial charge in [0, 0.05) is 22.1 Å². The number of rotatable bonds is 2. The number of alkyl halides is 3. The molecule has 0 bridgehead atoms. The van der Waals surface area contributed by atoms with Gasteiger partial charge in [0.25, 0.3) is 0 Å². The van der Waals surface area contributed by atoms with E-state index >= 15 is 0 Å². The van der Waals surface area contributed by atoms with Crippen molar-refractivity contribution in [2.45, 2.75) is 13.1 Å². The second-order valence-electron chi connectivity index (χ2n) is 3.77. The van der Waals surface area contributed by atoms with Crippen molar-refractivity contribution in [1.29, 1.82) is 0 Å². The monoisotopic (exact) mass is 319 g/mol. The minimum absolute atomic E-state index is 0.311. The van der Waals surface area contributed by atoms with Gasteiger partial charge in [-0.05, 0) is 25.1 Å². The van der Waals surface area contributed by atoms with E-state index in [1.54, 1.807) is 19.2 Å². The minimum Gasteiger partial charge on any atom is -0.328 e. The fourth-order valence-electron chi connectivity index (χ4n) is 1.44. The fraction of sp³-hybridized carbons (Fsp3) is 0.182. The van der Waals surface area contributed by atoms with Gasteiger partial charge in [-0.15, -0.1) is 0 Å². The van der Waals surface area contributed by atoms with Crippen LogP contribution < -0.4 is 5.32 Å². The zero-order valence-corrected chi connectivity index (χ0v) is 10.9. The van der Waals surface area contributed by atoms with Crippen LogP contribution >= 0.6 is 15.9 Å². The van der Waals surface area contributed by atoms with Crippen molar-refractivity contribution in [2.75, 3.05) is 5.32 Å². The highest BCUT2D eigenvalue weighted by Gasteiger charge is 2.31. The van der Waals surface area contributed by atoms with Gasteiger partial charge in [0.1, 0.15) is 0 Å². The molecule has 1 aromatic carbocycles. The summed E-state index contributed by atoms with van der Waals surface area (Å²) >= 11 is 3.05. The van der Waals surface area contributed by atoms with E-state index in [-0.39, 0.29) is 0 Å². The number of aryl methyl sites for hydroxylation is 1. The lowest BCUT2D eigenvalue weighted by atomic mass is 10.2. The zero-order chi connectivity index (χ0) is 13.3. The van der Waals surface area contributed by atoms with Crippen LogP contribution in [0.25, 0.3) is 0 Å². The number of hydrogen-bond donors (Lipinski definition) is 2. The standard InChI is InChI=1S/C11H9BrF3N3/c1-6-5-16-10(17-6)18-9-3-7(11(13,14)15)2-8(12)4-9/h2-5H,1H3,(H2,16,17,18). The molecule has 0 atom stereocenters. The van der Waals surface area contributed by atoms with Crippen molar-refractivity contribution >= 4 is 27.6 Å². The van der Waals surface area contributed by atoms with Gasteiger partial charge >= 0.3 is 6.18 Å². The molecule has 1 heterocycles. The van der Waals surface area contributed by atoms with Crippen LogP contribution in [0.5, 0.6) is 0 Å². The van der Waals surface area contributed by atoms with E-state index in [0.29, 0.717) is 16.1 Å². The Kier molecular flexibility index (Phi) is 3.34. The molecule has 1 aromatic heterocycles. The maximum absolute atomic E-state index is 12.6. The topological polar surface area (TPSA) is 40.7 Å². The predicted molar refractivity (Wildman–Crippen MR) is 65.8 cm³/mol. The normalized spacial score (nSPS) is 11.6. The highest BCUT2D eigenvalue weighted by atomic mass is 79.9. The molecule has 2 N–H and O–H groups in total. The molecule has 0 spiro atoms. The number of aromatic nitrogens is 2. The number of nitrogens with zero attached hydrogens (tertiary/aromatic N) is 1. The molecule has 0 radical (unpaired) electrons. The Labute approximate surface area is 110 Å². The van der Waals surface area contributed by atoms with Crippen molar-refractivity contribution in [3.05, 3.63) is 40.1 Å². The highest BCUT2D eigenvalue weighted by Crippen LogP contribution is 2.33. The van der Waals surface area contributed by atoms with E-state index in [1.165, 1.54) is 0 Å². The summed E-state index contributed by atoms with van der Waals surface area (Å²) in [7, 11) is 0. The smallest absolute Gasteiger partial charge is 0.328 e. The third kappa shape index (κ3) is 3.04. The fourth-order valence-corrected chi connectivity index (χ4v) is 1.93. The molecule has 0 aliphatic carbocycles. The summed E-state index contributed by atoms with van der Waals surface area (Å²) in [6.45, 7) is 1.81. The molecule has 0 amide bonds. The van der Waals surface area contributed by atoms with Crippen LogP contribution in [-0.2, 0) is 6.18 Å². The van der Waals surface area contributed by atoms with Crippen LogP contribution in [0.4, 0.5) is 24.8 Å². The Balaban J connectivity index is 2.31. The van der Waals surface area contributed by atoms with Gasteiger partial charge in [0.2, 0.25) is 5.95 Å².